The third-order valence-electron chi connectivity index (χ3n) is 6.97. The molecule has 1 amide bonds. The Morgan fingerprint density at radius 1 is 1.25 bits per heavy atom. The van der Waals surface area contributed by atoms with Crippen LogP contribution in [0.25, 0.3) is 0 Å². The average Bonchev–Trinajstić information content (AvgIpc) is 3.02. The van der Waals surface area contributed by atoms with E-state index < -0.39 is 35.2 Å². The number of aliphatic hydroxyl groups is 1. The number of alkyl halides is 3. The van der Waals surface area contributed by atoms with Crippen LogP contribution in [0, 0.1) is 31.1 Å². The highest BCUT2D eigenvalue weighted by Gasteiger charge is 2.51. The van der Waals surface area contributed by atoms with E-state index in [4.69, 9.17) is 0 Å². The lowest BCUT2D eigenvalue weighted by molar-refractivity contribution is -0.132. The first-order valence-electron chi connectivity index (χ1n) is 10.9. The van der Waals surface area contributed by atoms with Gasteiger partial charge in [0.2, 0.25) is 5.91 Å². The van der Waals surface area contributed by atoms with Crippen molar-refractivity contribution in [1.29, 1.82) is 0 Å². The number of amides is 1. The number of aliphatic hydroxyl groups excluding tert-OH is 1. The van der Waals surface area contributed by atoms with E-state index in [9.17, 15) is 23.1 Å². The predicted molar refractivity (Wildman–Crippen MR) is 119 cm³/mol. The zero-order valence-electron chi connectivity index (χ0n) is 19.4. The van der Waals surface area contributed by atoms with E-state index in [1.807, 2.05) is 50.8 Å². The Kier molecular flexibility index (Phi) is 6.38. The summed E-state index contributed by atoms with van der Waals surface area (Å²) in [5.74, 6) is -1.36. The molecule has 1 saturated heterocycles. The van der Waals surface area contributed by atoms with Crippen molar-refractivity contribution >= 4 is 11.6 Å². The number of anilines is 1. The smallest absolute Gasteiger partial charge is 0.374 e. The van der Waals surface area contributed by atoms with Crippen molar-refractivity contribution in [3.8, 4) is 0 Å². The minimum atomic E-state index is -4.49. The lowest BCUT2D eigenvalue weighted by Gasteiger charge is -2.33. The molecule has 1 aromatic rings. The number of hydrogen-bond acceptors (Lipinski definition) is 3. The molecule has 3 atom stereocenters. The molecule has 1 fully saturated rings. The van der Waals surface area contributed by atoms with E-state index in [1.54, 1.807) is 6.92 Å². The summed E-state index contributed by atoms with van der Waals surface area (Å²) >= 11 is 0. The number of hydrogen-bond donors (Lipinski definition) is 2. The zero-order valence-corrected chi connectivity index (χ0v) is 19.4. The lowest BCUT2D eigenvalue weighted by atomic mass is 9.75. The highest BCUT2D eigenvalue weighted by molar-refractivity contribution is 5.87. The number of halogens is 3. The molecule has 0 aromatic heterocycles. The van der Waals surface area contributed by atoms with Gasteiger partial charge in [0.05, 0.1) is 11.1 Å². The van der Waals surface area contributed by atoms with Crippen molar-refractivity contribution < 1.29 is 23.1 Å². The van der Waals surface area contributed by atoms with Crippen molar-refractivity contribution in [3.05, 3.63) is 58.0 Å². The zero-order chi connectivity index (χ0) is 24.0. The third-order valence-corrected chi connectivity index (χ3v) is 6.97. The van der Waals surface area contributed by atoms with Crippen LogP contribution in [0.4, 0.5) is 18.9 Å². The molecule has 0 radical (unpaired) electrons. The fourth-order valence-electron chi connectivity index (χ4n) is 4.75. The van der Waals surface area contributed by atoms with Gasteiger partial charge >= 0.3 is 6.18 Å². The minimum Gasteiger partial charge on any atom is -0.374 e. The summed E-state index contributed by atoms with van der Waals surface area (Å²) in [6.07, 6.45) is -4.20. The lowest BCUT2D eigenvalue weighted by Crippen LogP contribution is -2.46. The first kappa shape index (κ1) is 24.1. The topological polar surface area (TPSA) is 52.6 Å². The molecule has 1 aliphatic carbocycles. The second kappa shape index (κ2) is 8.45. The van der Waals surface area contributed by atoms with Crippen LogP contribution in [-0.4, -0.2) is 30.0 Å². The summed E-state index contributed by atoms with van der Waals surface area (Å²) in [6, 6.07) is 5.85. The monoisotopic (exact) mass is 448 g/mol. The maximum absolute atomic E-state index is 13.5. The van der Waals surface area contributed by atoms with Crippen LogP contribution in [0.15, 0.2) is 46.8 Å². The van der Waals surface area contributed by atoms with Crippen molar-refractivity contribution in [3.63, 3.8) is 0 Å². The van der Waals surface area contributed by atoms with Gasteiger partial charge in [-0.1, -0.05) is 44.7 Å². The molecule has 1 aromatic carbocycles. The maximum atomic E-state index is 13.5. The number of carbonyl (C=O) groups is 1. The van der Waals surface area contributed by atoms with E-state index in [0.29, 0.717) is 5.57 Å². The van der Waals surface area contributed by atoms with Crippen molar-refractivity contribution in [1.82, 2.24) is 5.32 Å². The molecule has 3 rings (SSSR count). The molecule has 174 valence electrons. The second-order valence-corrected chi connectivity index (χ2v) is 9.36. The van der Waals surface area contributed by atoms with Gasteiger partial charge in [-0.2, -0.15) is 13.2 Å². The van der Waals surface area contributed by atoms with E-state index in [2.05, 4.69) is 11.0 Å². The number of rotatable bonds is 4. The Balaban J connectivity index is 1.95. The predicted octanol–water partition coefficient (Wildman–Crippen LogP) is 5.16. The SMILES string of the molecule is CC1=C=C(NC(=O)C2(C(C)C)CC(O)N(c3c(C)cccc3C)C2)C=C(C(F)(F)F)C1C. The van der Waals surface area contributed by atoms with Crippen molar-refractivity contribution in [2.75, 3.05) is 11.4 Å². The molecule has 0 bridgehead atoms. The molecule has 3 unspecified atom stereocenters. The van der Waals surface area contributed by atoms with E-state index in [0.717, 1.165) is 22.9 Å². The molecular weight excluding hydrogens is 417 g/mol. The quantitative estimate of drug-likeness (QED) is 0.626. The maximum Gasteiger partial charge on any atom is 0.413 e. The first-order chi connectivity index (χ1) is 14.8. The first-order valence-corrected chi connectivity index (χ1v) is 10.9. The van der Waals surface area contributed by atoms with Gasteiger partial charge in [-0.15, -0.1) is 0 Å². The number of para-hydroxylation sites is 1. The van der Waals surface area contributed by atoms with Crippen LogP contribution in [0.1, 0.15) is 45.2 Å². The Bertz CT molecular complexity index is 998. The highest BCUT2D eigenvalue weighted by atomic mass is 19.4. The number of allylic oxidation sites excluding steroid dienone is 2. The number of nitrogens with one attached hydrogen (secondary N) is 1. The number of aryl methyl sites for hydroxylation is 2. The Morgan fingerprint density at radius 3 is 2.38 bits per heavy atom. The molecule has 4 nitrogen and oxygen atoms in total. The second-order valence-electron chi connectivity index (χ2n) is 9.36. The number of benzene rings is 1. The van der Waals surface area contributed by atoms with Gasteiger partial charge in [0.1, 0.15) is 6.23 Å². The Morgan fingerprint density at radius 2 is 1.84 bits per heavy atom. The molecular formula is C25H31F3N2O2. The summed E-state index contributed by atoms with van der Waals surface area (Å²) in [4.78, 5) is 15.3. The molecule has 0 spiro atoms. The van der Waals surface area contributed by atoms with E-state index in [1.165, 1.54) is 6.92 Å². The van der Waals surface area contributed by atoms with Crippen molar-refractivity contribution in [2.24, 2.45) is 17.3 Å². The largest absolute Gasteiger partial charge is 0.413 e. The molecule has 0 saturated carbocycles. The minimum absolute atomic E-state index is 0.0120. The van der Waals surface area contributed by atoms with Crippen LogP contribution in [0.3, 0.4) is 0 Å². The Hall–Kier alpha value is -2.50. The van der Waals surface area contributed by atoms with Gasteiger partial charge in [0.15, 0.2) is 0 Å². The van der Waals surface area contributed by atoms with Crippen LogP contribution in [0.2, 0.25) is 0 Å². The van der Waals surface area contributed by atoms with Crippen LogP contribution < -0.4 is 10.2 Å². The van der Waals surface area contributed by atoms with Crippen molar-refractivity contribution in [2.45, 2.75) is 60.4 Å². The fourth-order valence-corrected chi connectivity index (χ4v) is 4.75. The van der Waals surface area contributed by atoms with Gasteiger partial charge in [0.25, 0.3) is 0 Å². The normalized spacial score (nSPS) is 26.1. The standard InChI is InChI=1S/C25H31F3N2O2/c1-14(2)24(12-21(31)30(13-24)22-15(3)8-7-9-16(22)4)23(32)29-19-10-17(5)18(6)20(11-19)25(26,27)28/h7-9,11,14,18,21,31H,12-13H2,1-6H3,(H,29,32). The average molecular weight is 449 g/mol. The highest BCUT2D eigenvalue weighted by Crippen LogP contribution is 2.45. The van der Waals surface area contributed by atoms with Crippen LogP contribution in [0.5, 0.6) is 0 Å². The number of nitrogens with zero attached hydrogens (tertiary/aromatic N) is 1. The summed E-state index contributed by atoms with van der Waals surface area (Å²) in [5, 5.41) is 13.6. The third kappa shape index (κ3) is 4.24. The van der Waals surface area contributed by atoms with Gasteiger partial charge in [-0.3, -0.25) is 4.79 Å². The summed E-state index contributed by atoms with van der Waals surface area (Å²) in [7, 11) is 0. The van der Waals surface area contributed by atoms with Gasteiger partial charge in [-0.25, -0.2) is 0 Å². The molecule has 2 N–H and O–H groups in total. The fraction of sp³-hybridized carbons (Fsp3) is 0.520. The van der Waals surface area contributed by atoms with Crippen LogP contribution >= 0.6 is 0 Å². The van der Waals surface area contributed by atoms with E-state index in [-0.39, 0.29) is 24.6 Å². The van der Waals surface area contributed by atoms with E-state index >= 15 is 0 Å². The molecule has 1 aliphatic heterocycles. The summed E-state index contributed by atoms with van der Waals surface area (Å²) < 4.78 is 40.4. The summed E-state index contributed by atoms with van der Waals surface area (Å²) in [5.41, 5.74) is 4.52. The molecule has 1 heterocycles. The van der Waals surface area contributed by atoms with Gasteiger partial charge < -0.3 is 15.3 Å². The van der Waals surface area contributed by atoms with Gasteiger partial charge in [0, 0.05) is 30.1 Å². The van der Waals surface area contributed by atoms with Gasteiger partial charge in [-0.05, 0) is 49.5 Å². The van der Waals surface area contributed by atoms with Crippen LogP contribution in [-0.2, 0) is 4.79 Å². The molecule has 2 aliphatic rings. The Labute approximate surface area is 187 Å². The summed E-state index contributed by atoms with van der Waals surface area (Å²) in [6.45, 7) is 11.0. The molecule has 7 heteroatoms. The molecule has 32 heavy (non-hydrogen) atoms. The number of carbonyl (C=O) groups excluding carboxylic acids is 1.